The molecule has 7 nitrogen and oxygen atoms in total. The maximum Gasteiger partial charge on any atom is 0.414 e. The van der Waals surface area contributed by atoms with Crippen molar-refractivity contribution in [2.75, 3.05) is 47.5 Å². The second-order valence-corrected chi connectivity index (χ2v) is 9.86. The molecule has 164 valence electrons. The highest BCUT2D eigenvalue weighted by atomic mass is 32.2. The Bertz CT molecular complexity index is 803. The lowest BCUT2D eigenvalue weighted by molar-refractivity contribution is -0.119. The van der Waals surface area contributed by atoms with Crippen molar-refractivity contribution in [3.05, 3.63) is 23.8 Å². The van der Waals surface area contributed by atoms with Crippen molar-refractivity contribution in [3.8, 4) is 0 Å². The average molecular weight is 442 g/mol. The number of hydrogen-bond donors (Lipinski definition) is 1. The van der Waals surface area contributed by atoms with E-state index in [0.29, 0.717) is 24.6 Å². The fraction of sp³-hybridized carbons (Fsp3) is 0.600. The van der Waals surface area contributed by atoms with Crippen LogP contribution in [-0.2, 0) is 20.7 Å². The number of amides is 2. The molecule has 1 aromatic carbocycles. The average Bonchev–Trinajstić information content (AvgIpc) is 3.21. The van der Waals surface area contributed by atoms with Gasteiger partial charge in [0.1, 0.15) is 23.3 Å². The number of ether oxygens (including phenoxy) is 1. The lowest BCUT2D eigenvalue weighted by Gasteiger charge is -2.22. The van der Waals surface area contributed by atoms with Gasteiger partial charge in [0, 0.05) is 32.1 Å². The Morgan fingerprint density at radius 1 is 1.20 bits per heavy atom. The monoisotopic (exact) mass is 441 g/mol. The van der Waals surface area contributed by atoms with Crippen LogP contribution in [0.25, 0.3) is 0 Å². The number of anilines is 2. The number of benzene rings is 1. The molecule has 10 heteroatoms. The molecule has 3 unspecified atom stereocenters. The second kappa shape index (κ2) is 8.58. The second-order valence-electron chi connectivity index (χ2n) is 8.16. The summed E-state index contributed by atoms with van der Waals surface area (Å²) in [6, 6.07) is 2.31. The predicted octanol–water partition coefficient (Wildman–Crippen LogP) is 2.02. The van der Waals surface area contributed by atoms with E-state index in [4.69, 9.17) is 4.74 Å². The minimum absolute atomic E-state index is 0.0738. The zero-order chi connectivity index (χ0) is 21.4. The fourth-order valence-corrected chi connectivity index (χ4v) is 5.88. The first-order valence-corrected chi connectivity index (χ1v) is 11.6. The Morgan fingerprint density at radius 2 is 1.80 bits per heavy atom. The van der Waals surface area contributed by atoms with E-state index in [1.54, 1.807) is 4.90 Å². The van der Waals surface area contributed by atoms with E-state index in [1.165, 1.54) is 11.8 Å². The maximum atomic E-state index is 14.9. The summed E-state index contributed by atoms with van der Waals surface area (Å²) in [5, 5.41) is 2.56. The van der Waals surface area contributed by atoms with Gasteiger partial charge < -0.3 is 19.5 Å². The van der Waals surface area contributed by atoms with Crippen LogP contribution in [0.4, 0.5) is 25.0 Å². The summed E-state index contributed by atoms with van der Waals surface area (Å²) in [7, 11) is 0. The molecule has 3 heterocycles. The zero-order valence-corrected chi connectivity index (χ0v) is 17.6. The number of hydrogen-bond acceptors (Lipinski definition) is 5. The number of rotatable bonds is 4. The van der Waals surface area contributed by atoms with Gasteiger partial charge in [-0.3, -0.25) is 9.69 Å². The highest BCUT2D eigenvalue weighted by molar-refractivity contribution is 7.91. The molecule has 30 heavy (non-hydrogen) atoms. The third-order valence-electron chi connectivity index (χ3n) is 6.09. The standard InChI is InChI=1S/C20H25F2N3O4S/c1-12(26)23-8-16-11-25(20(27)29-16)15-6-17(21)19(18(22)7-15)24-9-13-2-4-30(28)5-3-14(13)10-24/h6-7,13-14,16H,2-5,8-11H2,1H3,(H,23,26). The number of carbonyl (C=O) groups is 2. The van der Waals surface area contributed by atoms with E-state index in [0.717, 1.165) is 25.0 Å². The maximum absolute atomic E-state index is 14.9. The van der Waals surface area contributed by atoms with E-state index in [1.807, 2.05) is 0 Å². The number of nitrogens with zero attached hydrogens (tertiary/aromatic N) is 2. The van der Waals surface area contributed by atoms with Crippen LogP contribution in [-0.4, -0.2) is 60.3 Å². The smallest absolute Gasteiger partial charge is 0.414 e. The van der Waals surface area contributed by atoms with E-state index >= 15 is 0 Å². The van der Waals surface area contributed by atoms with Crippen LogP contribution in [0.15, 0.2) is 12.1 Å². The molecule has 3 aliphatic rings. The Balaban J connectivity index is 1.48. The van der Waals surface area contributed by atoms with Crippen molar-refractivity contribution in [2.45, 2.75) is 25.9 Å². The van der Waals surface area contributed by atoms with Crippen molar-refractivity contribution >= 4 is 34.6 Å². The quantitative estimate of drug-likeness (QED) is 0.723. The highest BCUT2D eigenvalue weighted by Gasteiger charge is 2.39. The van der Waals surface area contributed by atoms with Crippen molar-refractivity contribution in [2.24, 2.45) is 11.8 Å². The van der Waals surface area contributed by atoms with E-state index < -0.39 is 35.0 Å². The summed E-state index contributed by atoms with van der Waals surface area (Å²) in [4.78, 5) is 26.1. The van der Waals surface area contributed by atoms with Gasteiger partial charge in [0.15, 0.2) is 11.6 Å². The SMILES string of the molecule is CC(=O)NCC1CN(c2cc(F)c(N3CC4CC[S+]([O-])CCC4C3)c(F)c2)C(=O)O1. The van der Waals surface area contributed by atoms with Gasteiger partial charge in [-0.25, -0.2) is 13.6 Å². The van der Waals surface area contributed by atoms with Crippen LogP contribution in [0.1, 0.15) is 19.8 Å². The Morgan fingerprint density at radius 3 is 2.37 bits per heavy atom. The van der Waals surface area contributed by atoms with Gasteiger partial charge in [0.2, 0.25) is 5.91 Å². The molecule has 1 aromatic rings. The van der Waals surface area contributed by atoms with Crippen molar-refractivity contribution in [3.63, 3.8) is 0 Å². The van der Waals surface area contributed by atoms with Crippen LogP contribution in [0.5, 0.6) is 0 Å². The molecule has 2 amide bonds. The summed E-state index contributed by atoms with van der Waals surface area (Å²) >= 11 is -0.786. The van der Waals surface area contributed by atoms with E-state index in [2.05, 4.69) is 5.32 Å². The first kappa shape index (κ1) is 21.2. The number of carbonyl (C=O) groups excluding carboxylic acids is 2. The van der Waals surface area contributed by atoms with E-state index in [-0.39, 0.29) is 42.2 Å². The number of halogens is 2. The fourth-order valence-electron chi connectivity index (χ4n) is 4.55. The first-order valence-electron chi connectivity index (χ1n) is 10.1. The van der Waals surface area contributed by atoms with Crippen molar-refractivity contribution < 1.29 is 27.7 Å². The molecule has 3 fully saturated rings. The molecule has 0 bridgehead atoms. The van der Waals surface area contributed by atoms with Crippen LogP contribution in [0.2, 0.25) is 0 Å². The molecule has 1 N–H and O–H groups in total. The molecular weight excluding hydrogens is 416 g/mol. The van der Waals surface area contributed by atoms with Crippen LogP contribution in [0.3, 0.4) is 0 Å². The van der Waals surface area contributed by atoms with Gasteiger partial charge >= 0.3 is 6.09 Å². The van der Waals surface area contributed by atoms with Crippen LogP contribution >= 0.6 is 0 Å². The van der Waals surface area contributed by atoms with Crippen molar-refractivity contribution in [1.82, 2.24) is 5.32 Å². The van der Waals surface area contributed by atoms with Gasteiger partial charge in [-0.15, -0.1) is 0 Å². The number of nitrogens with one attached hydrogen (secondary N) is 1. The summed E-state index contributed by atoms with van der Waals surface area (Å²) in [5.74, 6) is 0.187. The topological polar surface area (TPSA) is 84.9 Å². The zero-order valence-electron chi connectivity index (χ0n) is 16.7. The van der Waals surface area contributed by atoms with Crippen LogP contribution in [0, 0.1) is 23.5 Å². The van der Waals surface area contributed by atoms with Crippen LogP contribution < -0.4 is 15.1 Å². The van der Waals surface area contributed by atoms with Gasteiger partial charge in [-0.1, -0.05) is 11.2 Å². The van der Waals surface area contributed by atoms with Crippen molar-refractivity contribution in [1.29, 1.82) is 0 Å². The Kier molecular flexibility index (Phi) is 6.06. The largest absolute Gasteiger partial charge is 0.616 e. The van der Waals surface area contributed by atoms with Gasteiger partial charge in [0.25, 0.3) is 0 Å². The lowest BCUT2D eigenvalue weighted by atomic mass is 9.92. The summed E-state index contributed by atoms with van der Waals surface area (Å²) in [5.41, 5.74) is 0.0168. The Labute approximate surface area is 176 Å². The molecule has 0 aromatic heterocycles. The molecule has 3 atom stereocenters. The molecule has 0 radical (unpaired) electrons. The van der Waals surface area contributed by atoms with Gasteiger partial charge in [-0.2, -0.15) is 0 Å². The molecule has 0 spiro atoms. The number of cyclic esters (lactones) is 1. The first-order chi connectivity index (χ1) is 14.3. The predicted molar refractivity (Wildman–Crippen MR) is 109 cm³/mol. The molecule has 4 rings (SSSR count). The van der Waals surface area contributed by atoms with Gasteiger partial charge in [0.05, 0.1) is 18.8 Å². The minimum atomic E-state index is -0.786. The number of fused-ring (bicyclic) bond motifs is 1. The molecule has 3 aliphatic heterocycles. The third kappa shape index (κ3) is 4.34. The Hall–Kier alpha value is -2.07. The van der Waals surface area contributed by atoms with Gasteiger partial charge in [-0.05, 0) is 24.7 Å². The third-order valence-corrected chi connectivity index (χ3v) is 7.47. The molecular formula is C20H25F2N3O4S. The summed E-state index contributed by atoms with van der Waals surface area (Å²) in [6.45, 7) is 2.68. The lowest BCUT2D eigenvalue weighted by Crippen LogP contribution is -2.33. The molecule has 0 saturated carbocycles. The summed E-state index contributed by atoms with van der Waals surface area (Å²) < 4.78 is 46.8. The molecule has 0 aliphatic carbocycles. The van der Waals surface area contributed by atoms with E-state index in [9.17, 15) is 22.9 Å². The molecule has 3 saturated heterocycles. The summed E-state index contributed by atoms with van der Waals surface area (Å²) in [6.07, 6.45) is 0.339. The normalized spacial score (nSPS) is 28.9. The highest BCUT2D eigenvalue weighted by Crippen LogP contribution is 2.38. The minimum Gasteiger partial charge on any atom is -0.616 e.